The number of carbonyl (C=O) groups is 1. The summed E-state index contributed by atoms with van der Waals surface area (Å²) >= 11 is 3.36. The molecule has 0 aliphatic rings. The van der Waals surface area contributed by atoms with Crippen LogP contribution in [0.3, 0.4) is 0 Å². The second kappa shape index (κ2) is 7.48. The first-order chi connectivity index (χ1) is 13.9. The second-order valence-electron chi connectivity index (χ2n) is 6.34. The third-order valence-corrected chi connectivity index (χ3v) is 4.83. The number of nitrogens with one attached hydrogen (secondary N) is 1. The van der Waals surface area contributed by atoms with E-state index in [9.17, 15) is 14.4 Å². The smallest absolute Gasteiger partial charge is 0.349 e. The Kier molecular flexibility index (Phi) is 4.85. The normalized spacial score (nSPS) is 10.8. The lowest BCUT2D eigenvalue weighted by Crippen LogP contribution is -2.20. The van der Waals surface area contributed by atoms with Crippen molar-refractivity contribution in [1.82, 2.24) is 9.78 Å². The number of aryl methyl sites for hydroxylation is 1. The quantitative estimate of drug-likeness (QED) is 0.480. The largest absolute Gasteiger partial charge is 0.422 e. The van der Waals surface area contributed by atoms with Crippen LogP contribution in [0.5, 0.6) is 0 Å². The Labute approximate surface area is 172 Å². The summed E-state index contributed by atoms with van der Waals surface area (Å²) in [5, 5.41) is 7.52. The van der Waals surface area contributed by atoms with Gasteiger partial charge in [0.05, 0.1) is 5.69 Å². The SMILES string of the molecule is Cn1nc(-c2ccc(NC(=O)c3cc4cc(Br)ccc4oc3=O)cc2)ccc1=O. The lowest BCUT2D eigenvalue weighted by atomic mass is 10.1. The highest BCUT2D eigenvalue weighted by Gasteiger charge is 2.14. The topological polar surface area (TPSA) is 94.2 Å². The molecule has 2 aromatic carbocycles. The summed E-state index contributed by atoms with van der Waals surface area (Å²) in [5.41, 5.74) is 1.35. The molecule has 0 aliphatic carbocycles. The number of halogens is 1. The number of rotatable bonds is 3. The van der Waals surface area contributed by atoms with Gasteiger partial charge in [0, 0.05) is 34.2 Å². The van der Waals surface area contributed by atoms with Gasteiger partial charge in [0.2, 0.25) is 0 Å². The highest BCUT2D eigenvalue weighted by molar-refractivity contribution is 9.10. The van der Waals surface area contributed by atoms with Gasteiger partial charge in [-0.25, -0.2) is 9.48 Å². The lowest BCUT2D eigenvalue weighted by Gasteiger charge is -2.07. The standard InChI is InChI=1S/C21H14BrN3O4/c1-25-19(26)9-7-17(24-25)12-2-5-15(6-3-12)23-20(27)16-11-13-10-14(22)4-8-18(13)29-21(16)28/h2-11H,1H3,(H,23,27). The maximum Gasteiger partial charge on any atom is 0.349 e. The molecule has 4 rings (SSSR count). The van der Waals surface area contributed by atoms with Gasteiger partial charge in [-0.15, -0.1) is 0 Å². The summed E-state index contributed by atoms with van der Waals surface area (Å²) in [4.78, 5) is 36.2. The molecule has 0 spiro atoms. The van der Waals surface area contributed by atoms with Crippen molar-refractivity contribution in [3.05, 3.63) is 91.5 Å². The molecule has 0 aliphatic heterocycles. The Bertz CT molecular complexity index is 1360. The van der Waals surface area contributed by atoms with E-state index in [4.69, 9.17) is 4.42 Å². The summed E-state index contributed by atoms with van der Waals surface area (Å²) in [6.07, 6.45) is 0. The molecule has 0 fully saturated rings. The molecular formula is C21H14BrN3O4. The van der Waals surface area contributed by atoms with Crippen molar-refractivity contribution in [3.8, 4) is 11.3 Å². The van der Waals surface area contributed by atoms with Crippen LogP contribution in [-0.2, 0) is 7.05 Å². The molecule has 8 heteroatoms. The van der Waals surface area contributed by atoms with E-state index in [0.29, 0.717) is 22.4 Å². The lowest BCUT2D eigenvalue weighted by molar-refractivity contribution is 0.102. The molecule has 0 unspecified atom stereocenters. The number of amides is 1. The summed E-state index contributed by atoms with van der Waals surface area (Å²) < 4.78 is 7.30. The molecule has 144 valence electrons. The van der Waals surface area contributed by atoms with E-state index in [2.05, 4.69) is 26.3 Å². The van der Waals surface area contributed by atoms with Crippen molar-refractivity contribution in [1.29, 1.82) is 0 Å². The molecule has 2 heterocycles. The zero-order chi connectivity index (χ0) is 20.5. The molecule has 4 aromatic rings. The van der Waals surface area contributed by atoms with Crippen molar-refractivity contribution in [2.75, 3.05) is 5.32 Å². The number of nitrogens with zero attached hydrogens (tertiary/aromatic N) is 2. The van der Waals surface area contributed by atoms with Crippen LogP contribution in [0, 0.1) is 0 Å². The zero-order valence-corrected chi connectivity index (χ0v) is 16.8. The number of aromatic nitrogens is 2. The van der Waals surface area contributed by atoms with Gasteiger partial charge >= 0.3 is 5.63 Å². The van der Waals surface area contributed by atoms with Gasteiger partial charge in [-0.1, -0.05) is 28.1 Å². The Balaban J connectivity index is 1.59. The van der Waals surface area contributed by atoms with E-state index >= 15 is 0 Å². The number of hydrogen-bond donors (Lipinski definition) is 1. The molecular weight excluding hydrogens is 438 g/mol. The maximum atomic E-state index is 12.6. The number of anilines is 1. The van der Waals surface area contributed by atoms with Crippen molar-refractivity contribution >= 4 is 38.5 Å². The van der Waals surface area contributed by atoms with Gasteiger partial charge in [0.25, 0.3) is 11.5 Å². The van der Waals surface area contributed by atoms with E-state index in [0.717, 1.165) is 10.0 Å². The fourth-order valence-corrected chi connectivity index (χ4v) is 3.21. The third-order valence-electron chi connectivity index (χ3n) is 4.34. The molecule has 7 nitrogen and oxygen atoms in total. The van der Waals surface area contributed by atoms with Gasteiger partial charge in [-0.05, 0) is 42.5 Å². The van der Waals surface area contributed by atoms with Crippen molar-refractivity contribution in [3.63, 3.8) is 0 Å². The second-order valence-corrected chi connectivity index (χ2v) is 7.26. The van der Waals surface area contributed by atoms with E-state index in [1.54, 1.807) is 55.6 Å². The van der Waals surface area contributed by atoms with E-state index < -0.39 is 11.5 Å². The van der Waals surface area contributed by atoms with Gasteiger partial charge in [0.1, 0.15) is 11.1 Å². The van der Waals surface area contributed by atoms with E-state index in [-0.39, 0.29) is 11.1 Å². The van der Waals surface area contributed by atoms with Gasteiger partial charge in [-0.3, -0.25) is 9.59 Å². The number of carbonyl (C=O) groups excluding carboxylic acids is 1. The van der Waals surface area contributed by atoms with Crippen molar-refractivity contribution in [2.45, 2.75) is 0 Å². The summed E-state index contributed by atoms with van der Waals surface area (Å²) in [6, 6.07) is 16.7. The molecule has 0 bridgehead atoms. The fourth-order valence-electron chi connectivity index (χ4n) is 2.83. The summed E-state index contributed by atoms with van der Waals surface area (Å²) in [7, 11) is 1.58. The minimum Gasteiger partial charge on any atom is -0.422 e. The fraction of sp³-hybridized carbons (Fsp3) is 0.0476. The van der Waals surface area contributed by atoms with Crippen LogP contribution >= 0.6 is 15.9 Å². The Morgan fingerprint density at radius 3 is 2.52 bits per heavy atom. The van der Waals surface area contributed by atoms with Crippen LogP contribution in [0.1, 0.15) is 10.4 Å². The predicted octanol–water partition coefficient (Wildman–Crippen LogP) is 3.57. The number of fused-ring (bicyclic) bond motifs is 1. The average molecular weight is 452 g/mol. The van der Waals surface area contributed by atoms with E-state index in [1.165, 1.54) is 16.8 Å². The van der Waals surface area contributed by atoms with Crippen LogP contribution in [0.4, 0.5) is 5.69 Å². The van der Waals surface area contributed by atoms with Crippen LogP contribution in [-0.4, -0.2) is 15.7 Å². The van der Waals surface area contributed by atoms with Gasteiger partial charge in [-0.2, -0.15) is 5.10 Å². The average Bonchev–Trinajstić information content (AvgIpc) is 2.70. The van der Waals surface area contributed by atoms with Crippen molar-refractivity contribution < 1.29 is 9.21 Å². The minimum atomic E-state index is -0.705. The number of hydrogen-bond acceptors (Lipinski definition) is 5. The van der Waals surface area contributed by atoms with Crippen LogP contribution < -0.4 is 16.5 Å². The highest BCUT2D eigenvalue weighted by atomic mass is 79.9. The molecule has 29 heavy (non-hydrogen) atoms. The molecule has 0 saturated carbocycles. The van der Waals surface area contributed by atoms with Crippen LogP contribution in [0.2, 0.25) is 0 Å². The molecule has 1 N–H and O–H groups in total. The summed E-state index contributed by atoms with van der Waals surface area (Å²) in [5.74, 6) is -0.561. The van der Waals surface area contributed by atoms with Crippen molar-refractivity contribution in [2.24, 2.45) is 7.05 Å². The molecule has 2 aromatic heterocycles. The van der Waals surface area contributed by atoms with Crippen LogP contribution in [0.25, 0.3) is 22.2 Å². The molecule has 0 atom stereocenters. The van der Waals surface area contributed by atoms with Crippen LogP contribution in [0.15, 0.2) is 79.1 Å². The summed E-state index contributed by atoms with van der Waals surface area (Å²) in [6.45, 7) is 0. The maximum absolute atomic E-state index is 12.6. The Morgan fingerprint density at radius 2 is 1.79 bits per heavy atom. The first-order valence-corrected chi connectivity index (χ1v) is 9.39. The first-order valence-electron chi connectivity index (χ1n) is 8.60. The molecule has 0 saturated heterocycles. The number of benzene rings is 2. The predicted molar refractivity (Wildman–Crippen MR) is 113 cm³/mol. The Hall–Kier alpha value is -3.52. The highest BCUT2D eigenvalue weighted by Crippen LogP contribution is 2.21. The van der Waals surface area contributed by atoms with Gasteiger partial charge < -0.3 is 9.73 Å². The Morgan fingerprint density at radius 1 is 1.03 bits per heavy atom. The minimum absolute atomic E-state index is 0.0839. The molecule has 0 radical (unpaired) electrons. The molecule has 1 amide bonds. The van der Waals surface area contributed by atoms with E-state index in [1.807, 2.05) is 0 Å². The third kappa shape index (κ3) is 3.88. The first kappa shape index (κ1) is 18.8. The zero-order valence-electron chi connectivity index (χ0n) is 15.2. The van der Waals surface area contributed by atoms with Gasteiger partial charge in [0.15, 0.2) is 0 Å². The monoisotopic (exact) mass is 451 g/mol.